The Labute approximate surface area is 310 Å². The topological polar surface area (TPSA) is 115 Å². The molecule has 0 bridgehead atoms. The zero-order valence-corrected chi connectivity index (χ0v) is 30.5. The van der Waals surface area contributed by atoms with E-state index in [9.17, 15) is 13.2 Å². The highest BCUT2D eigenvalue weighted by atomic mass is 32.2. The van der Waals surface area contributed by atoms with Gasteiger partial charge in [0.1, 0.15) is 17.2 Å². The standard InChI is InChI=1S/C41H41N5O6S/c1-30-39(44-53(3,48)49)7-4-8-40(30)46(28-32-9-13-35(42-2)14-10-32)29-33-11-15-36(16-12-33)52-38-25-34(41(47)45-19-22-50-23-20-45)24-37(26-38)51-21-17-31-6-5-18-43-27-31/h4-16,18,24-27,44H,17,19-23,28-29H2,1,3H3. The van der Waals surface area contributed by atoms with Crippen LogP contribution in [0.4, 0.5) is 17.1 Å². The molecule has 5 aromatic rings. The normalized spacial score (nSPS) is 12.8. The molecule has 0 saturated carbocycles. The molecule has 1 aliphatic heterocycles. The van der Waals surface area contributed by atoms with E-state index in [-0.39, 0.29) is 5.91 Å². The van der Waals surface area contributed by atoms with Crippen LogP contribution >= 0.6 is 0 Å². The molecule has 0 radical (unpaired) electrons. The number of nitrogens with zero attached hydrogens (tertiary/aromatic N) is 4. The number of aromatic nitrogens is 1. The van der Waals surface area contributed by atoms with Gasteiger partial charge in [0.25, 0.3) is 5.91 Å². The van der Waals surface area contributed by atoms with E-state index in [1.807, 2.05) is 73.8 Å². The fraction of sp³-hybridized carbons (Fsp3) is 0.244. The van der Waals surface area contributed by atoms with Crippen molar-refractivity contribution in [1.29, 1.82) is 0 Å². The SMILES string of the molecule is [C-]#[N+]c1ccc(CN(Cc2ccc(Oc3cc(OCCc4cccnc4)cc(C(=O)N4CCOCC4)c3)cc2)c2cccc(NS(C)(=O)=O)c2C)cc1. The van der Waals surface area contributed by atoms with Gasteiger partial charge in [0.2, 0.25) is 10.0 Å². The predicted octanol–water partition coefficient (Wildman–Crippen LogP) is 7.41. The average molecular weight is 732 g/mol. The third-order valence-electron chi connectivity index (χ3n) is 8.72. The molecule has 12 heteroatoms. The van der Waals surface area contributed by atoms with Crippen LogP contribution in [0.3, 0.4) is 0 Å². The van der Waals surface area contributed by atoms with Gasteiger partial charge in [-0.2, -0.15) is 0 Å². The summed E-state index contributed by atoms with van der Waals surface area (Å²) in [6.45, 7) is 12.7. The molecule has 1 amide bonds. The molecule has 1 aliphatic rings. The van der Waals surface area contributed by atoms with Crippen LogP contribution in [-0.2, 0) is 34.3 Å². The van der Waals surface area contributed by atoms with E-state index in [1.165, 1.54) is 0 Å². The Morgan fingerprint density at radius 3 is 2.26 bits per heavy atom. The second-order valence-electron chi connectivity index (χ2n) is 12.8. The van der Waals surface area contributed by atoms with Gasteiger partial charge in [0.15, 0.2) is 5.69 Å². The van der Waals surface area contributed by atoms with Crippen LogP contribution in [0.2, 0.25) is 0 Å². The van der Waals surface area contributed by atoms with Crippen LogP contribution in [0.1, 0.15) is 32.6 Å². The summed E-state index contributed by atoms with van der Waals surface area (Å²) in [7, 11) is -3.48. The lowest BCUT2D eigenvalue weighted by atomic mass is 10.1. The molecule has 0 unspecified atom stereocenters. The Balaban J connectivity index is 1.22. The van der Waals surface area contributed by atoms with Crippen molar-refractivity contribution >= 4 is 33.0 Å². The number of morpholine rings is 1. The van der Waals surface area contributed by atoms with E-state index in [1.54, 1.807) is 47.5 Å². The molecule has 6 rings (SSSR count). The van der Waals surface area contributed by atoms with Gasteiger partial charge in [-0.15, -0.1) is 0 Å². The van der Waals surface area contributed by atoms with Crippen molar-refractivity contribution in [3.8, 4) is 17.2 Å². The summed E-state index contributed by atoms with van der Waals surface area (Å²) in [5, 5.41) is 0. The monoisotopic (exact) mass is 731 g/mol. The van der Waals surface area contributed by atoms with Crippen LogP contribution in [0.15, 0.2) is 109 Å². The fourth-order valence-electron chi connectivity index (χ4n) is 6.04. The molecule has 1 fully saturated rings. The quantitative estimate of drug-likeness (QED) is 0.118. The minimum absolute atomic E-state index is 0.110. The highest BCUT2D eigenvalue weighted by Gasteiger charge is 2.21. The largest absolute Gasteiger partial charge is 0.493 e. The molecule has 1 aromatic heterocycles. The lowest BCUT2D eigenvalue weighted by molar-refractivity contribution is 0.0302. The Hall–Kier alpha value is -5.90. The van der Waals surface area contributed by atoms with Crippen molar-refractivity contribution in [3.63, 3.8) is 0 Å². The molecule has 0 atom stereocenters. The number of benzene rings is 4. The van der Waals surface area contributed by atoms with E-state index in [0.29, 0.717) is 86.6 Å². The van der Waals surface area contributed by atoms with Gasteiger partial charge in [-0.1, -0.05) is 48.5 Å². The van der Waals surface area contributed by atoms with Crippen molar-refractivity contribution in [2.45, 2.75) is 26.4 Å². The zero-order chi connectivity index (χ0) is 37.2. The highest BCUT2D eigenvalue weighted by Crippen LogP contribution is 2.32. The summed E-state index contributed by atoms with van der Waals surface area (Å²) in [5.41, 5.74) is 6.25. The molecule has 11 nitrogen and oxygen atoms in total. The molecule has 1 saturated heterocycles. The number of sulfonamides is 1. The average Bonchev–Trinajstić information content (AvgIpc) is 3.16. The van der Waals surface area contributed by atoms with E-state index in [4.69, 9.17) is 20.8 Å². The van der Waals surface area contributed by atoms with E-state index in [0.717, 1.165) is 34.2 Å². The van der Waals surface area contributed by atoms with Crippen LogP contribution in [-0.4, -0.2) is 63.4 Å². The third-order valence-corrected chi connectivity index (χ3v) is 9.31. The maximum absolute atomic E-state index is 13.5. The van der Waals surface area contributed by atoms with Gasteiger partial charge in [-0.3, -0.25) is 14.5 Å². The predicted molar refractivity (Wildman–Crippen MR) is 205 cm³/mol. The molecule has 272 valence electrons. The fourth-order valence-corrected chi connectivity index (χ4v) is 6.66. The number of hydrogen-bond acceptors (Lipinski definition) is 8. The summed E-state index contributed by atoms with van der Waals surface area (Å²) >= 11 is 0. The number of carbonyl (C=O) groups is 1. The Morgan fingerprint density at radius 1 is 0.906 bits per heavy atom. The van der Waals surface area contributed by atoms with Crippen LogP contribution in [0.5, 0.6) is 17.2 Å². The first-order chi connectivity index (χ1) is 25.6. The first-order valence-electron chi connectivity index (χ1n) is 17.2. The minimum atomic E-state index is -3.48. The number of carbonyl (C=O) groups excluding carboxylic acids is 1. The lowest BCUT2D eigenvalue weighted by Crippen LogP contribution is -2.40. The van der Waals surface area contributed by atoms with Gasteiger partial charge >= 0.3 is 0 Å². The van der Waals surface area contributed by atoms with Crippen LogP contribution in [0, 0.1) is 13.5 Å². The number of ether oxygens (including phenoxy) is 3. The summed E-state index contributed by atoms with van der Waals surface area (Å²) in [6, 6.07) is 29.9. The van der Waals surface area contributed by atoms with Crippen LogP contribution in [0.25, 0.3) is 4.85 Å². The minimum Gasteiger partial charge on any atom is -0.493 e. The van der Waals surface area contributed by atoms with E-state index < -0.39 is 10.0 Å². The molecule has 0 aliphatic carbocycles. The number of anilines is 2. The Morgan fingerprint density at radius 2 is 1.60 bits per heavy atom. The molecular formula is C41H41N5O6S. The molecule has 1 N–H and O–H groups in total. The summed E-state index contributed by atoms with van der Waals surface area (Å²) in [5.74, 6) is 1.48. The number of hydrogen-bond donors (Lipinski definition) is 1. The zero-order valence-electron chi connectivity index (χ0n) is 29.7. The Kier molecular flexibility index (Phi) is 11.9. The smallest absolute Gasteiger partial charge is 0.254 e. The highest BCUT2D eigenvalue weighted by molar-refractivity contribution is 7.92. The van der Waals surface area contributed by atoms with Crippen molar-refractivity contribution in [2.75, 3.05) is 48.8 Å². The number of amides is 1. The van der Waals surface area contributed by atoms with E-state index >= 15 is 0 Å². The molecular weight excluding hydrogens is 691 g/mol. The molecule has 2 heterocycles. The molecule has 4 aromatic carbocycles. The van der Waals surface area contributed by atoms with Crippen molar-refractivity contribution in [3.05, 3.63) is 149 Å². The summed E-state index contributed by atoms with van der Waals surface area (Å²) in [6.07, 6.45) is 5.34. The number of pyridine rings is 1. The van der Waals surface area contributed by atoms with Gasteiger partial charge in [0, 0.05) is 62.3 Å². The Bertz CT molecular complexity index is 2170. The second-order valence-corrected chi connectivity index (χ2v) is 14.5. The molecule has 53 heavy (non-hydrogen) atoms. The van der Waals surface area contributed by atoms with Crippen molar-refractivity contribution < 1.29 is 27.4 Å². The number of nitrogens with one attached hydrogen (secondary N) is 1. The maximum Gasteiger partial charge on any atom is 0.254 e. The second kappa shape index (κ2) is 17.1. The third kappa shape index (κ3) is 10.3. The van der Waals surface area contributed by atoms with Crippen LogP contribution < -0.4 is 19.1 Å². The summed E-state index contributed by atoms with van der Waals surface area (Å²) < 4.78 is 44.7. The number of rotatable bonds is 14. The first-order valence-corrected chi connectivity index (χ1v) is 19.1. The molecule has 0 spiro atoms. The summed E-state index contributed by atoms with van der Waals surface area (Å²) in [4.78, 5) is 25.1. The van der Waals surface area contributed by atoms with Gasteiger partial charge in [-0.05, 0) is 71.6 Å². The maximum atomic E-state index is 13.5. The lowest BCUT2D eigenvalue weighted by Gasteiger charge is -2.28. The van der Waals surface area contributed by atoms with Crippen molar-refractivity contribution in [2.24, 2.45) is 0 Å². The first kappa shape index (κ1) is 36.9. The van der Waals surface area contributed by atoms with Gasteiger partial charge in [0.05, 0.1) is 38.3 Å². The van der Waals surface area contributed by atoms with Gasteiger partial charge < -0.3 is 24.0 Å². The van der Waals surface area contributed by atoms with Gasteiger partial charge in [-0.25, -0.2) is 13.3 Å². The van der Waals surface area contributed by atoms with Crippen molar-refractivity contribution in [1.82, 2.24) is 9.88 Å². The van der Waals surface area contributed by atoms with E-state index in [2.05, 4.69) is 19.5 Å².